The van der Waals surface area contributed by atoms with Gasteiger partial charge in [-0.15, -0.1) is 0 Å². The lowest BCUT2D eigenvalue weighted by atomic mass is 9.74. The first-order valence-electron chi connectivity index (χ1n) is 9.14. The lowest BCUT2D eigenvalue weighted by Crippen LogP contribution is -2.67. The molecule has 3 atom stereocenters. The Kier molecular flexibility index (Phi) is 5.65. The molecule has 2 fully saturated rings. The smallest absolute Gasteiger partial charge is 0.408 e. The number of hydrogen-bond donors (Lipinski definition) is 3. The molecule has 2 saturated heterocycles. The van der Waals surface area contributed by atoms with Crippen LogP contribution in [0.15, 0.2) is 30.3 Å². The summed E-state index contributed by atoms with van der Waals surface area (Å²) in [7, 11) is 0. The van der Waals surface area contributed by atoms with Gasteiger partial charge in [0.15, 0.2) is 0 Å². The standard InChI is InChI=1S/C19H25N3O5/c1-13(23)15(21-18(26)27-10-14-6-3-2-4-7-14)16(24)22-9-5-8-19(12-22)11-20-17(19)25/h2-4,6-7,13,15,23H,5,8-12H2,1H3,(H,20,25)(H,21,26)/t13-,15+,19?/m1/s1. The van der Waals surface area contributed by atoms with Gasteiger partial charge in [-0.25, -0.2) is 4.79 Å². The van der Waals surface area contributed by atoms with Crippen LogP contribution in [0.4, 0.5) is 4.79 Å². The van der Waals surface area contributed by atoms with Gasteiger partial charge >= 0.3 is 6.09 Å². The second kappa shape index (κ2) is 7.96. The summed E-state index contributed by atoms with van der Waals surface area (Å²) in [5.74, 6) is -0.440. The summed E-state index contributed by atoms with van der Waals surface area (Å²) in [6.45, 7) is 2.87. The van der Waals surface area contributed by atoms with Crippen molar-refractivity contribution in [3.05, 3.63) is 35.9 Å². The van der Waals surface area contributed by atoms with Crippen LogP contribution in [0.2, 0.25) is 0 Å². The summed E-state index contributed by atoms with van der Waals surface area (Å²) in [5.41, 5.74) is 0.298. The van der Waals surface area contributed by atoms with E-state index in [-0.39, 0.29) is 12.5 Å². The van der Waals surface area contributed by atoms with E-state index >= 15 is 0 Å². The Morgan fingerprint density at radius 1 is 1.37 bits per heavy atom. The van der Waals surface area contributed by atoms with Gasteiger partial charge in [0.1, 0.15) is 12.6 Å². The van der Waals surface area contributed by atoms with E-state index in [0.717, 1.165) is 12.0 Å². The van der Waals surface area contributed by atoms with E-state index in [1.807, 2.05) is 30.3 Å². The number of aliphatic hydroxyl groups excluding tert-OH is 1. The number of carbonyl (C=O) groups is 3. The fourth-order valence-electron chi connectivity index (χ4n) is 3.54. The molecule has 146 valence electrons. The van der Waals surface area contributed by atoms with Crippen LogP contribution in [-0.2, 0) is 20.9 Å². The summed E-state index contributed by atoms with van der Waals surface area (Å²) < 4.78 is 5.14. The number of ether oxygens (including phenoxy) is 1. The van der Waals surface area contributed by atoms with Gasteiger partial charge in [-0.1, -0.05) is 30.3 Å². The number of alkyl carbamates (subject to hydrolysis) is 1. The minimum atomic E-state index is -1.12. The van der Waals surface area contributed by atoms with Crippen molar-refractivity contribution in [1.82, 2.24) is 15.5 Å². The van der Waals surface area contributed by atoms with Crippen LogP contribution in [0.25, 0.3) is 0 Å². The molecule has 2 aliphatic rings. The molecule has 3 amide bonds. The van der Waals surface area contributed by atoms with Crippen LogP contribution in [0.1, 0.15) is 25.3 Å². The quantitative estimate of drug-likeness (QED) is 0.646. The highest BCUT2D eigenvalue weighted by Crippen LogP contribution is 2.35. The molecule has 0 aliphatic carbocycles. The number of aliphatic hydroxyl groups is 1. The normalized spacial score (nSPS) is 23.8. The fourth-order valence-corrected chi connectivity index (χ4v) is 3.54. The van der Waals surface area contributed by atoms with Gasteiger partial charge in [0.2, 0.25) is 11.8 Å². The van der Waals surface area contributed by atoms with Crippen LogP contribution in [-0.4, -0.2) is 59.7 Å². The van der Waals surface area contributed by atoms with E-state index in [0.29, 0.717) is 26.1 Å². The summed E-state index contributed by atoms with van der Waals surface area (Å²) in [6, 6.07) is 8.05. The van der Waals surface area contributed by atoms with Gasteiger partial charge in [-0.2, -0.15) is 0 Å². The molecule has 2 aliphatic heterocycles. The first-order chi connectivity index (χ1) is 12.9. The summed E-state index contributed by atoms with van der Waals surface area (Å²) >= 11 is 0. The molecule has 0 radical (unpaired) electrons. The predicted molar refractivity (Wildman–Crippen MR) is 96.5 cm³/mol. The number of rotatable bonds is 5. The second-order valence-corrected chi connectivity index (χ2v) is 7.25. The summed E-state index contributed by atoms with van der Waals surface area (Å²) in [4.78, 5) is 38.4. The molecule has 3 N–H and O–H groups in total. The largest absolute Gasteiger partial charge is 0.445 e. The van der Waals surface area contributed by atoms with E-state index in [4.69, 9.17) is 4.74 Å². The monoisotopic (exact) mass is 375 g/mol. The molecule has 27 heavy (non-hydrogen) atoms. The Bertz CT molecular complexity index is 709. The zero-order valence-electron chi connectivity index (χ0n) is 15.3. The van der Waals surface area contributed by atoms with Gasteiger partial charge < -0.3 is 25.4 Å². The Hall–Kier alpha value is -2.61. The van der Waals surface area contributed by atoms with Crippen LogP contribution in [0.5, 0.6) is 0 Å². The average molecular weight is 375 g/mol. The van der Waals surface area contributed by atoms with Gasteiger partial charge in [0.05, 0.1) is 11.5 Å². The number of likely N-dealkylation sites (tertiary alicyclic amines) is 1. The topological polar surface area (TPSA) is 108 Å². The molecule has 0 saturated carbocycles. The third-order valence-electron chi connectivity index (χ3n) is 5.19. The van der Waals surface area contributed by atoms with Gasteiger partial charge in [0.25, 0.3) is 0 Å². The first-order valence-corrected chi connectivity index (χ1v) is 9.14. The van der Waals surface area contributed by atoms with E-state index in [1.54, 1.807) is 4.90 Å². The minimum absolute atomic E-state index is 0.0381. The Morgan fingerprint density at radius 3 is 2.70 bits per heavy atom. The zero-order valence-corrected chi connectivity index (χ0v) is 15.3. The van der Waals surface area contributed by atoms with Crippen molar-refractivity contribution in [3.63, 3.8) is 0 Å². The van der Waals surface area contributed by atoms with Crippen LogP contribution < -0.4 is 10.6 Å². The number of piperidine rings is 1. The maximum absolute atomic E-state index is 12.8. The molecule has 2 heterocycles. The van der Waals surface area contributed by atoms with Crippen LogP contribution in [0.3, 0.4) is 0 Å². The zero-order chi connectivity index (χ0) is 19.4. The molecule has 1 spiro atoms. The molecular weight excluding hydrogens is 350 g/mol. The van der Waals surface area contributed by atoms with Crippen molar-refractivity contribution in [2.75, 3.05) is 19.6 Å². The number of amides is 3. The first kappa shape index (κ1) is 19.2. The second-order valence-electron chi connectivity index (χ2n) is 7.25. The molecule has 3 rings (SSSR count). The van der Waals surface area contributed by atoms with Crippen LogP contribution in [0, 0.1) is 5.41 Å². The molecule has 0 bridgehead atoms. The number of hydrogen-bond acceptors (Lipinski definition) is 5. The third-order valence-corrected chi connectivity index (χ3v) is 5.19. The van der Waals surface area contributed by atoms with Crippen molar-refractivity contribution >= 4 is 17.9 Å². The lowest BCUT2D eigenvalue weighted by Gasteiger charge is -2.48. The molecule has 1 unspecified atom stereocenters. The molecule has 8 nitrogen and oxygen atoms in total. The SMILES string of the molecule is C[C@@H](O)[C@H](NC(=O)OCc1ccccc1)C(=O)N1CCCC2(CNC2=O)C1. The van der Waals surface area contributed by atoms with E-state index in [1.165, 1.54) is 6.92 Å². The van der Waals surface area contributed by atoms with Gasteiger partial charge in [0, 0.05) is 19.6 Å². The molecule has 1 aromatic carbocycles. The predicted octanol–water partition coefficient (Wildman–Crippen LogP) is 0.401. The lowest BCUT2D eigenvalue weighted by molar-refractivity contribution is -0.151. The molecule has 0 aromatic heterocycles. The third kappa shape index (κ3) is 4.21. The highest BCUT2D eigenvalue weighted by molar-refractivity contribution is 5.91. The highest BCUT2D eigenvalue weighted by Gasteiger charge is 2.50. The highest BCUT2D eigenvalue weighted by atomic mass is 16.5. The van der Waals surface area contributed by atoms with E-state index in [9.17, 15) is 19.5 Å². The van der Waals surface area contributed by atoms with Gasteiger partial charge in [-0.3, -0.25) is 9.59 Å². The van der Waals surface area contributed by atoms with Crippen molar-refractivity contribution in [2.45, 2.75) is 38.5 Å². The van der Waals surface area contributed by atoms with Gasteiger partial charge in [-0.05, 0) is 25.3 Å². The van der Waals surface area contributed by atoms with Crippen molar-refractivity contribution in [1.29, 1.82) is 0 Å². The maximum Gasteiger partial charge on any atom is 0.408 e. The Balaban J connectivity index is 1.58. The average Bonchev–Trinajstić information content (AvgIpc) is 2.69. The van der Waals surface area contributed by atoms with E-state index < -0.39 is 29.6 Å². The molecule has 1 aromatic rings. The minimum Gasteiger partial charge on any atom is -0.445 e. The molecular formula is C19H25N3O5. The van der Waals surface area contributed by atoms with E-state index in [2.05, 4.69) is 10.6 Å². The number of nitrogens with zero attached hydrogens (tertiary/aromatic N) is 1. The Labute approximate surface area is 157 Å². The maximum atomic E-state index is 12.8. The van der Waals surface area contributed by atoms with Crippen molar-refractivity contribution in [2.24, 2.45) is 5.41 Å². The number of benzene rings is 1. The number of β-lactam (4-membered cyclic amide) rings is 1. The summed E-state index contributed by atoms with van der Waals surface area (Å²) in [5, 5.41) is 15.2. The van der Waals surface area contributed by atoms with Crippen LogP contribution >= 0.6 is 0 Å². The Morgan fingerprint density at radius 2 is 2.11 bits per heavy atom. The summed E-state index contributed by atoms with van der Waals surface area (Å²) in [6.07, 6.45) is -0.403. The fraction of sp³-hybridized carbons (Fsp3) is 0.526. The molecule has 8 heteroatoms. The number of nitrogens with one attached hydrogen (secondary N) is 2. The number of carbonyl (C=O) groups excluding carboxylic acids is 3. The van der Waals surface area contributed by atoms with Crippen molar-refractivity contribution < 1.29 is 24.2 Å². The van der Waals surface area contributed by atoms with Crippen molar-refractivity contribution in [3.8, 4) is 0 Å².